The highest BCUT2D eigenvalue weighted by atomic mass is 16.2. The van der Waals surface area contributed by atoms with Crippen molar-refractivity contribution in [2.45, 2.75) is 13.0 Å². The average Bonchev–Trinajstić information content (AvgIpc) is 3.14. The smallest absolute Gasteiger partial charge is 0.264 e. The highest BCUT2D eigenvalue weighted by molar-refractivity contribution is 5.90. The number of benzene rings is 1. The summed E-state index contributed by atoms with van der Waals surface area (Å²) in [4.78, 5) is 33.0. The second kappa shape index (κ2) is 7.20. The topological polar surface area (TPSA) is 94.7 Å². The van der Waals surface area contributed by atoms with E-state index < -0.39 is 0 Å². The Bertz CT molecular complexity index is 1140. The number of aryl methyl sites for hydroxylation is 1. The standard InChI is InChI=1S/C19H16N6O2/c26-17(23-14-5-4-9-20-11-14)8-10-24-13-21-18-16(19(24)27)12-22-25(18)15-6-2-1-3-7-15/h1-7,9,11-13H,8,10H2,(H,23,26). The van der Waals surface area contributed by atoms with Crippen LogP contribution >= 0.6 is 0 Å². The molecule has 4 rings (SSSR count). The van der Waals surface area contributed by atoms with Crippen LogP contribution in [0.15, 0.2) is 72.2 Å². The van der Waals surface area contributed by atoms with Crippen molar-refractivity contribution in [3.63, 3.8) is 0 Å². The third-order valence-electron chi connectivity index (χ3n) is 4.08. The number of hydrogen-bond donors (Lipinski definition) is 1. The largest absolute Gasteiger partial charge is 0.325 e. The molecule has 0 unspecified atom stereocenters. The summed E-state index contributed by atoms with van der Waals surface area (Å²) in [5.41, 5.74) is 1.71. The quantitative estimate of drug-likeness (QED) is 0.587. The highest BCUT2D eigenvalue weighted by Gasteiger charge is 2.12. The number of fused-ring (bicyclic) bond motifs is 1. The summed E-state index contributed by atoms with van der Waals surface area (Å²) in [6.07, 6.45) is 6.29. The Kier molecular flexibility index (Phi) is 4.44. The molecule has 0 saturated carbocycles. The van der Waals surface area contributed by atoms with E-state index in [0.29, 0.717) is 16.7 Å². The number of anilines is 1. The van der Waals surface area contributed by atoms with Crippen molar-refractivity contribution in [2.24, 2.45) is 0 Å². The number of carbonyl (C=O) groups is 1. The molecule has 0 bridgehead atoms. The van der Waals surface area contributed by atoms with Gasteiger partial charge in [0.25, 0.3) is 5.56 Å². The summed E-state index contributed by atoms with van der Waals surface area (Å²) in [5, 5.41) is 7.43. The second-order valence-corrected chi connectivity index (χ2v) is 5.91. The lowest BCUT2D eigenvalue weighted by atomic mass is 10.3. The Morgan fingerprint density at radius 2 is 1.93 bits per heavy atom. The zero-order valence-electron chi connectivity index (χ0n) is 14.3. The van der Waals surface area contributed by atoms with E-state index in [4.69, 9.17) is 0 Å². The van der Waals surface area contributed by atoms with Crippen LogP contribution in [-0.4, -0.2) is 30.2 Å². The molecule has 27 heavy (non-hydrogen) atoms. The molecule has 0 aliphatic rings. The molecule has 1 N–H and O–H groups in total. The number of nitrogens with zero attached hydrogens (tertiary/aromatic N) is 5. The van der Waals surface area contributed by atoms with Gasteiger partial charge in [0.2, 0.25) is 5.91 Å². The predicted octanol–water partition coefficient (Wildman–Crippen LogP) is 2.01. The fraction of sp³-hybridized carbons (Fsp3) is 0.105. The summed E-state index contributed by atoms with van der Waals surface area (Å²) < 4.78 is 3.04. The summed E-state index contributed by atoms with van der Waals surface area (Å²) in [6, 6.07) is 13.0. The Morgan fingerprint density at radius 3 is 2.70 bits per heavy atom. The molecule has 0 radical (unpaired) electrons. The first-order valence-electron chi connectivity index (χ1n) is 8.41. The van der Waals surface area contributed by atoms with Crippen LogP contribution in [0.5, 0.6) is 0 Å². The van der Waals surface area contributed by atoms with Crippen molar-refractivity contribution >= 4 is 22.6 Å². The molecule has 8 nitrogen and oxygen atoms in total. The van der Waals surface area contributed by atoms with E-state index in [2.05, 4.69) is 20.4 Å². The first-order valence-corrected chi connectivity index (χ1v) is 8.41. The van der Waals surface area contributed by atoms with Crippen molar-refractivity contribution in [3.8, 4) is 5.69 Å². The fourth-order valence-electron chi connectivity index (χ4n) is 2.75. The van der Waals surface area contributed by atoms with Crippen LogP contribution in [0.2, 0.25) is 0 Å². The number of carbonyl (C=O) groups excluding carboxylic acids is 1. The van der Waals surface area contributed by atoms with Gasteiger partial charge in [0, 0.05) is 19.2 Å². The minimum atomic E-state index is -0.226. The van der Waals surface area contributed by atoms with E-state index in [1.54, 1.807) is 29.2 Å². The number of hydrogen-bond acceptors (Lipinski definition) is 5. The first-order chi connectivity index (χ1) is 13.2. The maximum atomic E-state index is 12.7. The molecule has 1 amide bonds. The third-order valence-corrected chi connectivity index (χ3v) is 4.08. The molecule has 3 aromatic heterocycles. The molecule has 134 valence electrons. The van der Waals surface area contributed by atoms with Gasteiger partial charge in [-0.25, -0.2) is 9.67 Å². The number of amides is 1. The normalized spacial score (nSPS) is 10.8. The third kappa shape index (κ3) is 3.45. The molecule has 8 heteroatoms. The number of aromatic nitrogens is 5. The SMILES string of the molecule is O=C(CCn1cnc2c(cnn2-c2ccccc2)c1=O)Nc1cccnc1. The Hall–Kier alpha value is -3.81. The van der Waals surface area contributed by atoms with Crippen molar-refractivity contribution in [3.05, 3.63) is 77.7 Å². The van der Waals surface area contributed by atoms with Crippen molar-refractivity contribution in [1.29, 1.82) is 0 Å². The molecular weight excluding hydrogens is 344 g/mol. The van der Waals surface area contributed by atoms with Gasteiger partial charge in [0.15, 0.2) is 5.65 Å². The van der Waals surface area contributed by atoms with E-state index in [1.165, 1.54) is 17.1 Å². The molecule has 0 aliphatic heterocycles. The number of para-hydroxylation sites is 1. The van der Waals surface area contributed by atoms with Gasteiger partial charge in [0.1, 0.15) is 5.39 Å². The van der Waals surface area contributed by atoms with Crippen LogP contribution in [0.1, 0.15) is 6.42 Å². The van der Waals surface area contributed by atoms with Crippen LogP contribution in [0.25, 0.3) is 16.7 Å². The van der Waals surface area contributed by atoms with Crippen LogP contribution in [0, 0.1) is 0 Å². The number of nitrogens with one attached hydrogen (secondary N) is 1. The van der Waals surface area contributed by atoms with Gasteiger partial charge in [-0.3, -0.25) is 19.1 Å². The number of pyridine rings is 1. The monoisotopic (exact) mass is 360 g/mol. The van der Waals surface area contributed by atoms with Gasteiger partial charge in [0.05, 0.1) is 30.1 Å². The molecular formula is C19H16N6O2. The van der Waals surface area contributed by atoms with Gasteiger partial charge in [-0.2, -0.15) is 5.10 Å². The summed E-state index contributed by atoms with van der Waals surface area (Å²) in [6.45, 7) is 0.227. The maximum absolute atomic E-state index is 12.7. The van der Waals surface area contributed by atoms with Gasteiger partial charge in [-0.15, -0.1) is 0 Å². The highest BCUT2D eigenvalue weighted by Crippen LogP contribution is 2.13. The Labute approximate surface area is 154 Å². The van der Waals surface area contributed by atoms with Crippen LogP contribution in [0.4, 0.5) is 5.69 Å². The lowest BCUT2D eigenvalue weighted by Crippen LogP contribution is -2.23. The Morgan fingerprint density at radius 1 is 1.07 bits per heavy atom. The van der Waals surface area contributed by atoms with E-state index in [1.807, 2.05) is 30.3 Å². The second-order valence-electron chi connectivity index (χ2n) is 5.91. The van der Waals surface area contributed by atoms with E-state index in [0.717, 1.165) is 5.69 Å². The van der Waals surface area contributed by atoms with E-state index in [-0.39, 0.29) is 24.4 Å². The van der Waals surface area contributed by atoms with Crippen LogP contribution < -0.4 is 10.9 Å². The minimum absolute atomic E-state index is 0.148. The lowest BCUT2D eigenvalue weighted by molar-refractivity contribution is -0.116. The summed E-state index contributed by atoms with van der Waals surface area (Å²) in [5.74, 6) is -0.199. The molecule has 0 spiro atoms. The molecule has 0 saturated heterocycles. The van der Waals surface area contributed by atoms with Gasteiger partial charge in [-0.1, -0.05) is 18.2 Å². The zero-order valence-corrected chi connectivity index (χ0v) is 14.3. The minimum Gasteiger partial charge on any atom is -0.325 e. The predicted molar refractivity (Wildman–Crippen MR) is 101 cm³/mol. The fourth-order valence-corrected chi connectivity index (χ4v) is 2.75. The average molecular weight is 360 g/mol. The summed E-state index contributed by atoms with van der Waals surface area (Å²) >= 11 is 0. The summed E-state index contributed by atoms with van der Waals surface area (Å²) in [7, 11) is 0. The Balaban J connectivity index is 1.53. The van der Waals surface area contributed by atoms with E-state index >= 15 is 0 Å². The van der Waals surface area contributed by atoms with Crippen molar-refractivity contribution in [1.82, 2.24) is 24.3 Å². The number of rotatable bonds is 5. The van der Waals surface area contributed by atoms with Gasteiger partial charge in [-0.05, 0) is 24.3 Å². The van der Waals surface area contributed by atoms with Crippen molar-refractivity contribution < 1.29 is 4.79 Å². The molecule has 0 aliphatic carbocycles. The van der Waals surface area contributed by atoms with Gasteiger partial charge < -0.3 is 5.32 Å². The molecule has 4 aromatic rings. The first kappa shape index (κ1) is 16.6. The molecule has 3 heterocycles. The van der Waals surface area contributed by atoms with E-state index in [9.17, 15) is 9.59 Å². The molecule has 1 aromatic carbocycles. The maximum Gasteiger partial charge on any atom is 0.264 e. The van der Waals surface area contributed by atoms with Gasteiger partial charge >= 0.3 is 0 Å². The molecule has 0 atom stereocenters. The lowest BCUT2D eigenvalue weighted by Gasteiger charge is -2.07. The zero-order chi connectivity index (χ0) is 18.6. The molecule has 0 fully saturated rings. The van der Waals surface area contributed by atoms with Crippen molar-refractivity contribution in [2.75, 3.05) is 5.32 Å². The van der Waals surface area contributed by atoms with Crippen LogP contribution in [0.3, 0.4) is 0 Å². The van der Waals surface area contributed by atoms with Crippen LogP contribution in [-0.2, 0) is 11.3 Å².